The Labute approximate surface area is 112 Å². The fraction of sp³-hybridized carbons (Fsp3) is 0.667. The molecule has 0 radical (unpaired) electrons. The Kier molecular flexibility index (Phi) is 2.93. The first-order chi connectivity index (χ1) is 9.12. The van der Waals surface area contributed by atoms with Gasteiger partial charge >= 0.3 is 0 Å². The molecule has 2 unspecified atom stereocenters. The molecule has 0 amide bonds. The highest BCUT2D eigenvalue weighted by Crippen LogP contribution is 2.49. The number of hydrogen-bond donors (Lipinski definition) is 0. The van der Waals surface area contributed by atoms with Gasteiger partial charge in [0.1, 0.15) is 11.5 Å². The van der Waals surface area contributed by atoms with Gasteiger partial charge in [0.2, 0.25) is 0 Å². The number of rotatable bonds is 4. The Morgan fingerprint density at radius 1 is 1.58 bits per heavy atom. The van der Waals surface area contributed by atoms with E-state index >= 15 is 0 Å². The zero-order valence-corrected chi connectivity index (χ0v) is 11.2. The van der Waals surface area contributed by atoms with Gasteiger partial charge in [0.25, 0.3) is 0 Å². The number of nitriles is 1. The van der Waals surface area contributed by atoms with Crippen molar-refractivity contribution in [2.24, 2.45) is 5.92 Å². The molecular weight excluding hydrogens is 240 g/mol. The van der Waals surface area contributed by atoms with Gasteiger partial charge < -0.3 is 4.42 Å². The molecule has 2 aliphatic carbocycles. The van der Waals surface area contributed by atoms with E-state index in [2.05, 4.69) is 11.9 Å². The average Bonchev–Trinajstić information content (AvgIpc) is 2.90. The van der Waals surface area contributed by atoms with Crippen molar-refractivity contribution in [1.82, 2.24) is 4.98 Å². The summed E-state index contributed by atoms with van der Waals surface area (Å²) in [6, 6.07) is 1.94. The van der Waals surface area contributed by atoms with Crippen molar-refractivity contribution < 1.29 is 9.21 Å². The van der Waals surface area contributed by atoms with E-state index < -0.39 is 0 Å². The van der Waals surface area contributed by atoms with E-state index in [1.54, 1.807) is 0 Å². The van der Waals surface area contributed by atoms with Gasteiger partial charge in [-0.15, -0.1) is 0 Å². The van der Waals surface area contributed by atoms with Gasteiger partial charge in [-0.3, -0.25) is 4.79 Å². The molecule has 0 saturated heterocycles. The van der Waals surface area contributed by atoms with E-state index in [0.717, 1.165) is 30.9 Å². The smallest absolute Gasteiger partial charge is 0.197 e. The Bertz CT molecular complexity index is 537. The first-order valence-electron chi connectivity index (χ1n) is 6.98. The van der Waals surface area contributed by atoms with Crippen LogP contribution in [0.25, 0.3) is 0 Å². The molecule has 4 nitrogen and oxygen atoms in total. The van der Waals surface area contributed by atoms with E-state index in [1.807, 2.05) is 12.3 Å². The molecule has 1 aromatic rings. The summed E-state index contributed by atoms with van der Waals surface area (Å²) in [6.45, 7) is 2.20. The molecule has 0 bridgehead atoms. The third kappa shape index (κ3) is 2.30. The van der Waals surface area contributed by atoms with Gasteiger partial charge in [-0.1, -0.05) is 6.92 Å². The van der Waals surface area contributed by atoms with Crippen molar-refractivity contribution in [2.45, 2.75) is 56.8 Å². The van der Waals surface area contributed by atoms with E-state index in [1.165, 1.54) is 12.8 Å². The van der Waals surface area contributed by atoms with Crippen molar-refractivity contribution in [1.29, 1.82) is 5.26 Å². The number of carbonyl (C=O) groups excluding carboxylic acids is 1. The van der Waals surface area contributed by atoms with Gasteiger partial charge in [0.05, 0.1) is 18.7 Å². The standard InChI is InChI=1S/C15H18N2O2/c1-15(5-6-15)13-9-17-14(19-13)11-3-2-10(8-11)12(18)4-7-16/h9-11H,2-6,8H2,1H3. The molecular formula is C15H18N2O2. The van der Waals surface area contributed by atoms with Crippen molar-refractivity contribution in [3.05, 3.63) is 17.8 Å². The lowest BCUT2D eigenvalue weighted by molar-refractivity contribution is -0.121. The largest absolute Gasteiger partial charge is 0.445 e. The summed E-state index contributed by atoms with van der Waals surface area (Å²) >= 11 is 0. The number of ketones is 1. The molecule has 2 atom stereocenters. The highest BCUT2D eigenvalue weighted by Gasteiger charge is 2.43. The summed E-state index contributed by atoms with van der Waals surface area (Å²) in [7, 11) is 0. The average molecular weight is 258 g/mol. The highest BCUT2D eigenvalue weighted by molar-refractivity contribution is 5.83. The second-order valence-corrected chi connectivity index (χ2v) is 6.13. The van der Waals surface area contributed by atoms with E-state index in [9.17, 15) is 4.79 Å². The second kappa shape index (κ2) is 4.48. The predicted octanol–water partition coefficient (Wildman–Crippen LogP) is 3.09. The van der Waals surface area contributed by atoms with Crippen LogP contribution < -0.4 is 0 Å². The molecule has 0 N–H and O–H groups in total. The van der Waals surface area contributed by atoms with Crippen LogP contribution in [0.15, 0.2) is 10.6 Å². The van der Waals surface area contributed by atoms with Crippen molar-refractivity contribution in [3.63, 3.8) is 0 Å². The topological polar surface area (TPSA) is 66.9 Å². The lowest BCUT2D eigenvalue weighted by atomic mass is 9.99. The number of carbonyl (C=O) groups is 1. The molecule has 100 valence electrons. The Hall–Kier alpha value is -1.63. The molecule has 2 saturated carbocycles. The van der Waals surface area contributed by atoms with Crippen LogP contribution in [-0.4, -0.2) is 10.8 Å². The first kappa shape index (κ1) is 12.4. The number of nitrogens with zero attached hydrogens (tertiary/aromatic N) is 2. The number of hydrogen-bond acceptors (Lipinski definition) is 4. The SMILES string of the molecule is CC1(c2cnc(C3CCC(C(=O)CC#N)C3)o2)CC1. The van der Waals surface area contributed by atoms with E-state index in [4.69, 9.17) is 9.68 Å². The van der Waals surface area contributed by atoms with Crippen molar-refractivity contribution in [3.8, 4) is 6.07 Å². The maximum atomic E-state index is 11.7. The van der Waals surface area contributed by atoms with Gasteiger partial charge in [-0.2, -0.15) is 5.26 Å². The highest BCUT2D eigenvalue weighted by atomic mass is 16.4. The van der Waals surface area contributed by atoms with Gasteiger partial charge in [-0.25, -0.2) is 4.98 Å². The molecule has 2 aliphatic rings. The monoisotopic (exact) mass is 258 g/mol. The van der Waals surface area contributed by atoms with Gasteiger partial charge in [-0.05, 0) is 32.1 Å². The summed E-state index contributed by atoms with van der Waals surface area (Å²) in [6.07, 6.45) is 6.83. The summed E-state index contributed by atoms with van der Waals surface area (Å²) in [5.41, 5.74) is 0.208. The lowest BCUT2D eigenvalue weighted by Gasteiger charge is -2.07. The van der Waals surface area contributed by atoms with Crippen LogP contribution in [0, 0.1) is 17.2 Å². The van der Waals surface area contributed by atoms with Crippen LogP contribution >= 0.6 is 0 Å². The molecule has 1 heterocycles. The fourth-order valence-electron chi connectivity index (χ4n) is 2.91. The molecule has 0 aliphatic heterocycles. The zero-order valence-electron chi connectivity index (χ0n) is 11.2. The minimum absolute atomic E-state index is 0.0245. The summed E-state index contributed by atoms with van der Waals surface area (Å²) < 4.78 is 5.90. The third-order valence-electron chi connectivity index (χ3n) is 4.61. The Balaban J connectivity index is 1.66. The van der Waals surface area contributed by atoms with Crippen LogP contribution in [0.5, 0.6) is 0 Å². The maximum absolute atomic E-state index is 11.7. The number of oxazole rings is 1. The molecule has 2 fully saturated rings. The molecule has 0 spiro atoms. The Morgan fingerprint density at radius 3 is 3.05 bits per heavy atom. The predicted molar refractivity (Wildman–Crippen MR) is 68.4 cm³/mol. The quantitative estimate of drug-likeness (QED) is 0.832. The van der Waals surface area contributed by atoms with Gasteiger partial charge in [0.15, 0.2) is 5.89 Å². The van der Waals surface area contributed by atoms with Crippen LogP contribution in [0.1, 0.15) is 63.0 Å². The van der Waals surface area contributed by atoms with Crippen LogP contribution in [0.2, 0.25) is 0 Å². The summed E-state index contributed by atoms with van der Waals surface area (Å²) in [5.74, 6) is 2.14. The Morgan fingerprint density at radius 2 is 2.37 bits per heavy atom. The molecule has 0 aromatic carbocycles. The van der Waals surface area contributed by atoms with Crippen molar-refractivity contribution >= 4 is 5.78 Å². The summed E-state index contributed by atoms with van der Waals surface area (Å²) in [5, 5.41) is 8.58. The normalized spacial score (nSPS) is 28.0. The fourth-order valence-corrected chi connectivity index (χ4v) is 2.91. The third-order valence-corrected chi connectivity index (χ3v) is 4.61. The minimum Gasteiger partial charge on any atom is -0.445 e. The lowest BCUT2D eigenvalue weighted by Crippen LogP contribution is -2.10. The molecule has 1 aromatic heterocycles. The van der Waals surface area contributed by atoms with Gasteiger partial charge in [0, 0.05) is 17.3 Å². The number of Topliss-reactive ketones (excluding diaryl/α,β-unsaturated/α-hetero) is 1. The van der Waals surface area contributed by atoms with Crippen LogP contribution in [-0.2, 0) is 10.2 Å². The molecule has 4 heteroatoms. The molecule has 3 rings (SSSR count). The number of aromatic nitrogens is 1. The summed E-state index contributed by atoms with van der Waals surface area (Å²) in [4.78, 5) is 16.1. The minimum atomic E-state index is 0.0245. The first-order valence-corrected chi connectivity index (χ1v) is 6.98. The van der Waals surface area contributed by atoms with Crippen molar-refractivity contribution in [2.75, 3.05) is 0 Å². The van der Waals surface area contributed by atoms with Crippen LogP contribution in [0.4, 0.5) is 0 Å². The van der Waals surface area contributed by atoms with E-state index in [0.29, 0.717) is 0 Å². The maximum Gasteiger partial charge on any atom is 0.197 e. The van der Waals surface area contributed by atoms with E-state index in [-0.39, 0.29) is 29.5 Å². The van der Waals surface area contributed by atoms with Crippen LogP contribution in [0.3, 0.4) is 0 Å². The molecule has 19 heavy (non-hydrogen) atoms. The second-order valence-electron chi connectivity index (χ2n) is 6.13. The zero-order chi connectivity index (χ0) is 13.5.